The SMILES string of the molecule is C=CCOc1ccc(C[C@H](NC(=O)C2CCCCC2)c2nc(C=C(C)C=C(C)C(=O)OCC)cs2)cc1. The highest BCUT2D eigenvalue weighted by molar-refractivity contribution is 7.09. The molecule has 1 heterocycles. The van der Waals surface area contributed by atoms with Gasteiger partial charge in [0.25, 0.3) is 0 Å². The molecule has 0 spiro atoms. The molecule has 3 rings (SSSR count). The molecule has 6 nitrogen and oxygen atoms in total. The van der Waals surface area contributed by atoms with Crippen molar-refractivity contribution >= 4 is 29.3 Å². The van der Waals surface area contributed by atoms with Gasteiger partial charge in [-0.2, -0.15) is 0 Å². The Morgan fingerprint density at radius 2 is 1.92 bits per heavy atom. The maximum atomic E-state index is 13.1. The van der Waals surface area contributed by atoms with Crippen molar-refractivity contribution in [3.05, 3.63) is 75.8 Å². The van der Waals surface area contributed by atoms with Crippen molar-refractivity contribution in [2.75, 3.05) is 13.2 Å². The van der Waals surface area contributed by atoms with Crippen LogP contribution in [0.1, 0.15) is 75.2 Å². The number of benzene rings is 1. The third-order valence-corrected chi connectivity index (χ3v) is 7.26. The van der Waals surface area contributed by atoms with E-state index in [9.17, 15) is 9.59 Å². The number of carbonyl (C=O) groups is 2. The third kappa shape index (κ3) is 9.01. The first-order valence-electron chi connectivity index (χ1n) is 13.0. The van der Waals surface area contributed by atoms with Crippen LogP contribution in [0.4, 0.5) is 0 Å². The van der Waals surface area contributed by atoms with Crippen molar-refractivity contribution in [3.63, 3.8) is 0 Å². The third-order valence-electron chi connectivity index (χ3n) is 6.28. The number of carbonyl (C=O) groups excluding carboxylic acids is 2. The Balaban J connectivity index is 1.78. The minimum absolute atomic E-state index is 0.0727. The number of nitrogens with one attached hydrogen (secondary N) is 1. The van der Waals surface area contributed by atoms with Gasteiger partial charge in [0, 0.05) is 16.9 Å². The van der Waals surface area contributed by atoms with Gasteiger partial charge in [0.05, 0.1) is 18.3 Å². The fourth-order valence-electron chi connectivity index (χ4n) is 4.41. The van der Waals surface area contributed by atoms with Crippen molar-refractivity contribution in [2.45, 2.75) is 65.3 Å². The predicted molar refractivity (Wildman–Crippen MR) is 149 cm³/mol. The number of amides is 1. The molecule has 1 atom stereocenters. The first-order chi connectivity index (χ1) is 17.9. The van der Waals surface area contributed by atoms with Gasteiger partial charge in [-0.05, 0) is 75.5 Å². The van der Waals surface area contributed by atoms with Crippen LogP contribution in [-0.2, 0) is 20.7 Å². The number of allylic oxidation sites excluding steroid dienone is 2. The van der Waals surface area contributed by atoms with E-state index in [2.05, 4.69) is 11.9 Å². The monoisotopic (exact) mass is 522 g/mol. The standard InChI is InChI=1S/C30H38N2O4S/c1-5-16-36-26-14-12-23(13-15-26)19-27(32-28(33)24-10-8-7-9-11-24)29-31-25(20-37-29)18-21(3)17-22(4)30(34)35-6-2/h5,12-15,17-18,20,24,27H,1,6-11,16,19H2,2-4H3,(H,32,33)/t27-/m0/s1. The fraction of sp³-hybridized carbons (Fsp3) is 0.433. The predicted octanol–water partition coefficient (Wildman–Crippen LogP) is 6.60. The highest BCUT2D eigenvalue weighted by atomic mass is 32.1. The minimum atomic E-state index is -0.319. The van der Waals surface area contributed by atoms with E-state index in [1.165, 1.54) is 17.8 Å². The lowest BCUT2D eigenvalue weighted by molar-refractivity contribution is -0.138. The molecular formula is C30H38N2O4S. The highest BCUT2D eigenvalue weighted by Crippen LogP contribution is 2.28. The first kappa shape index (κ1) is 28.4. The molecule has 0 bridgehead atoms. The normalized spacial score (nSPS) is 15.6. The van der Waals surface area contributed by atoms with Crippen molar-refractivity contribution in [1.29, 1.82) is 0 Å². The fourth-order valence-corrected chi connectivity index (χ4v) is 5.24. The maximum Gasteiger partial charge on any atom is 0.333 e. The van der Waals surface area contributed by atoms with E-state index < -0.39 is 0 Å². The number of hydrogen-bond donors (Lipinski definition) is 1. The van der Waals surface area contributed by atoms with E-state index in [1.54, 1.807) is 26.0 Å². The summed E-state index contributed by atoms with van der Waals surface area (Å²) in [6.45, 7) is 9.96. The Bertz CT molecular complexity index is 1110. The molecule has 7 heteroatoms. The summed E-state index contributed by atoms with van der Waals surface area (Å²) in [5.74, 6) is 0.658. The average molecular weight is 523 g/mol. The molecule has 0 unspecified atom stereocenters. The summed E-state index contributed by atoms with van der Waals surface area (Å²) < 4.78 is 10.7. The second kappa shape index (κ2) is 14.5. The summed E-state index contributed by atoms with van der Waals surface area (Å²) in [6, 6.07) is 7.71. The van der Waals surface area contributed by atoms with E-state index in [0.717, 1.165) is 53.3 Å². The molecule has 2 aromatic rings. The Labute approximate surface area is 224 Å². The summed E-state index contributed by atoms with van der Waals surface area (Å²) >= 11 is 1.54. The smallest absolute Gasteiger partial charge is 0.333 e. The summed E-state index contributed by atoms with van der Waals surface area (Å²) in [5, 5.41) is 6.15. The van der Waals surface area contributed by atoms with Gasteiger partial charge in [-0.3, -0.25) is 4.79 Å². The molecule has 1 aliphatic rings. The van der Waals surface area contributed by atoms with Gasteiger partial charge >= 0.3 is 5.97 Å². The molecular weight excluding hydrogens is 484 g/mol. The molecule has 0 saturated heterocycles. The highest BCUT2D eigenvalue weighted by Gasteiger charge is 2.25. The lowest BCUT2D eigenvalue weighted by Gasteiger charge is -2.24. The average Bonchev–Trinajstić information content (AvgIpc) is 3.36. The number of ether oxygens (including phenoxy) is 2. The van der Waals surface area contributed by atoms with Crippen LogP contribution in [0.5, 0.6) is 5.75 Å². The summed E-state index contributed by atoms with van der Waals surface area (Å²) in [7, 11) is 0. The molecule has 1 saturated carbocycles. The Hall–Kier alpha value is -3.19. The number of rotatable bonds is 12. The Kier molecular flexibility index (Phi) is 11.1. The largest absolute Gasteiger partial charge is 0.490 e. The number of thiazole rings is 1. The van der Waals surface area contributed by atoms with Gasteiger partial charge in [-0.25, -0.2) is 9.78 Å². The first-order valence-corrected chi connectivity index (χ1v) is 13.9. The second-order valence-corrected chi connectivity index (χ2v) is 10.3. The van der Waals surface area contributed by atoms with Gasteiger partial charge in [0.2, 0.25) is 5.91 Å². The van der Waals surface area contributed by atoms with Crippen molar-refractivity contribution in [1.82, 2.24) is 10.3 Å². The van der Waals surface area contributed by atoms with Crippen LogP contribution in [0.3, 0.4) is 0 Å². The van der Waals surface area contributed by atoms with Crippen LogP contribution >= 0.6 is 11.3 Å². The molecule has 0 radical (unpaired) electrons. The van der Waals surface area contributed by atoms with Gasteiger partial charge in [0.1, 0.15) is 17.4 Å². The van der Waals surface area contributed by atoms with Crippen molar-refractivity contribution in [3.8, 4) is 5.75 Å². The number of nitrogens with zero attached hydrogens (tertiary/aromatic N) is 1. The zero-order valence-electron chi connectivity index (χ0n) is 22.1. The molecule has 1 aromatic carbocycles. The van der Waals surface area contributed by atoms with E-state index in [-0.39, 0.29) is 23.8 Å². The Morgan fingerprint density at radius 1 is 1.19 bits per heavy atom. The topological polar surface area (TPSA) is 77.5 Å². The van der Waals surface area contributed by atoms with E-state index in [0.29, 0.717) is 25.2 Å². The maximum absolute atomic E-state index is 13.1. The summed E-state index contributed by atoms with van der Waals surface area (Å²) in [4.78, 5) is 29.9. The number of aromatic nitrogens is 1. The second-order valence-electron chi connectivity index (χ2n) is 9.39. The van der Waals surface area contributed by atoms with E-state index >= 15 is 0 Å². The van der Waals surface area contributed by atoms with Crippen molar-refractivity contribution < 1.29 is 19.1 Å². The zero-order chi connectivity index (χ0) is 26.6. The quantitative estimate of drug-likeness (QED) is 0.147. The summed E-state index contributed by atoms with van der Waals surface area (Å²) in [6.07, 6.45) is 11.4. The molecule has 37 heavy (non-hydrogen) atoms. The molecule has 1 aliphatic carbocycles. The molecule has 1 aromatic heterocycles. The van der Waals surface area contributed by atoms with Gasteiger partial charge < -0.3 is 14.8 Å². The summed E-state index contributed by atoms with van der Waals surface area (Å²) in [5.41, 5.74) is 3.34. The zero-order valence-corrected chi connectivity index (χ0v) is 22.9. The molecule has 1 N–H and O–H groups in total. The van der Waals surface area contributed by atoms with Crippen LogP contribution < -0.4 is 10.1 Å². The van der Waals surface area contributed by atoms with Crippen LogP contribution in [0, 0.1) is 5.92 Å². The van der Waals surface area contributed by atoms with Gasteiger partial charge in [-0.1, -0.05) is 44.1 Å². The lowest BCUT2D eigenvalue weighted by Crippen LogP contribution is -2.35. The number of esters is 1. The van der Waals surface area contributed by atoms with Crippen molar-refractivity contribution in [2.24, 2.45) is 5.92 Å². The van der Waals surface area contributed by atoms with Gasteiger partial charge in [0.15, 0.2) is 0 Å². The van der Waals surface area contributed by atoms with E-state index in [4.69, 9.17) is 14.5 Å². The molecule has 1 fully saturated rings. The van der Waals surface area contributed by atoms with Crippen LogP contribution in [-0.4, -0.2) is 30.1 Å². The van der Waals surface area contributed by atoms with Crippen LogP contribution in [0.2, 0.25) is 0 Å². The molecule has 0 aliphatic heterocycles. The van der Waals surface area contributed by atoms with Gasteiger partial charge in [-0.15, -0.1) is 11.3 Å². The van der Waals surface area contributed by atoms with Crippen LogP contribution in [0.25, 0.3) is 6.08 Å². The molecule has 198 valence electrons. The number of hydrogen-bond acceptors (Lipinski definition) is 6. The van der Waals surface area contributed by atoms with Crippen LogP contribution in [0.15, 0.2) is 59.5 Å². The lowest BCUT2D eigenvalue weighted by atomic mass is 9.88. The molecule has 1 amide bonds. The Morgan fingerprint density at radius 3 is 2.59 bits per heavy atom. The minimum Gasteiger partial charge on any atom is -0.490 e. The van der Waals surface area contributed by atoms with E-state index in [1.807, 2.05) is 42.6 Å².